The highest BCUT2D eigenvalue weighted by Crippen LogP contribution is 2.31. The minimum absolute atomic E-state index is 0.0387. The van der Waals surface area contributed by atoms with Crippen LogP contribution in [-0.2, 0) is 22.6 Å². The first kappa shape index (κ1) is 24.3. The lowest BCUT2D eigenvalue weighted by atomic mass is 9.85. The Hall–Kier alpha value is -3.88. The Kier molecular flexibility index (Phi) is 7.33. The second-order valence-electron chi connectivity index (χ2n) is 8.72. The van der Waals surface area contributed by atoms with E-state index in [0.29, 0.717) is 38.0 Å². The fourth-order valence-electron chi connectivity index (χ4n) is 4.43. The zero-order valence-electron chi connectivity index (χ0n) is 19.8. The molecule has 2 aromatic carbocycles. The molecule has 0 radical (unpaired) electrons. The monoisotopic (exact) mass is 480 g/mol. The van der Waals surface area contributed by atoms with Gasteiger partial charge in [-0.05, 0) is 49.1 Å². The Balaban J connectivity index is 1.35. The molecule has 8 nitrogen and oxygen atoms in total. The van der Waals surface area contributed by atoms with Crippen LogP contribution in [0.4, 0.5) is 4.39 Å². The van der Waals surface area contributed by atoms with Gasteiger partial charge in [0.25, 0.3) is 0 Å². The Morgan fingerprint density at radius 2 is 1.97 bits per heavy atom. The number of ether oxygens (including phenoxy) is 2. The molecule has 1 saturated heterocycles. The van der Waals surface area contributed by atoms with Crippen molar-refractivity contribution in [3.63, 3.8) is 0 Å². The summed E-state index contributed by atoms with van der Waals surface area (Å²) in [7, 11) is 3.02. The maximum atomic E-state index is 13.8. The maximum absolute atomic E-state index is 13.8. The molecule has 0 spiro atoms. The van der Waals surface area contributed by atoms with Crippen LogP contribution in [-0.4, -0.2) is 41.4 Å². The molecule has 2 N–H and O–H groups in total. The Morgan fingerprint density at radius 1 is 1.17 bits per heavy atom. The Morgan fingerprint density at radius 3 is 2.71 bits per heavy atom. The summed E-state index contributed by atoms with van der Waals surface area (Å²) < 4.78 is 26.0. The number of nitrogens with zero attached hydrogens (tertiary/aromatic N) is 2. The van der Waals surface area contributed by atoms with Crippen molar-refractivity contribution in [3.8, 4) is 17.2 Å². The van der Waals surface area contributed by atoms with Crippen LogP contribution in [0, 0.1) is 5.82 Å². The first-order chi connectivity index (χ1) is 16.9. The minimum Gasteiger partial charge on any atom is -0.494 e. The Bertz CT molecular complexity index is 1210. The van der Waals surface area contributed by atoms with Gasteiger partial charge in [-0.15, -0.1) is 0 Å². The van der Waals surface area contributed by atoms with Crippen molar-refractivity contribution in [1.82, 2.24) is 20.4 Å². The summed E-state index contributed by atoms with van der Waals surface area (Å²) in [6.07, 6.45) is 5.79. The minimum atomic E-state index is -0.550. The van der Waals surface area contributed by atoms with Gasteiger partial charge in [-0.2, -0.15) is 5.10 Å². The van der Waals surface area contributed by atoms with Crippen molar-refractivity contribution in [3.05, 3.63) is 71.8 Å². The fraction of sp³-hybridized carbons (Fsp3) is 0.346. The first-order valence-electron chi connectivity index (χ1n) is 11.5. The van der Waals surface area contributed by atoms with Gasteiger partial charge in [0.2, 0.25) is 11.8 Å². The third-order valence-corrected chi connectivity index (χ3v) is 6.28. The summed E-state index contributed by atoms with van der Waals surface area (Å²) in [5.41, 5.74) is 1.96. The van der Waals surface area contributed by atoms with E-state index in [1.54, 1.807) is 30.1 Å². The van der Waals surface area contributed by atoms with Gasteiger partial charge in [0, 0.05) is 36.7 Å². The molecule has 2 heterocycles. The normalized spacial score (nSPS) is 17.2. The average Bonchev–Trinajstić information content (AvgIpc) is 3.49. The number of hydrogen-bond donors (Lipinski definition) is 2. The SMILES string of the molecule is COc1cc(C[C@]2(CCC(=O)NCc3cnn(-c4ccccc4OC)c3)CCC(=O)N2)ccc1F. The van der Waals surface area contributed by atoms with Gasteiger partial charge in [0.1, 0.15) is 11.4 Å². The second-order valence-corrected chi connectivity index (χ2v) is 8.72. The van der Waals surface area contributed by atoms with E-state index < -0.39 is 11.4 Å². The molecule has 1 aliphatic heterocycles. The topological polar surface area (TPSA) is 94.5 Å². The van der Waals surface area contributed by atoms with E-state index in [0.717, 1.165) is 16.8 Å². The Labute approximate surface area is 203 Å². The van der Waals surface area contributed by atoms with Gasteiger partial charge < -0.3 is 20.1 Å². The third kappa shape index (κ3) is 5.79. The summed E-state index contributed by atoms with van der Waals surface area (Å²) in [5.74, 6) is 0.270. The summed E-state index contributed by atoms with van der Waals surface area (Å²) in [5, 5.41) is 10.3. The number of carbonyl (C=O) groups is 2. The highest BCUT2D eigenvalue weighted by Gasteiger charge is 2.38. The van der Waals surface area contributed by atoms with Crippen LogP contribution in [0.25, 0.3) is 5.69 Å². The number of carbonyl (C=O) groups excluding carboxylic acids is 2. The van der Waals surface area contributed by atoms with Crippen molar-refractivity contribution >= 4 is 11.8 Å². The van der Waals surface area contributed by atoms with E-state index in [2.05, 4.69) is 15.7 Å². The van der Waals surface area contributed by atoms with E-state index in [1.807, 2.05) is 30.5 Å². The molecule has 1 aromatic heterocycles. The summed E-state index contributed by atoms with van der Waals surface area (Å²) in [6.45, 7) is 0.336. The zero-order valence-corrected chi connectivity index (χ0v) is 19.8. The molecule has 0 unspecified atom stereocenters. The number of methoxy groups -OCH3 is 2. The number of hydrogen-bond acceptors (Lipinski definition) is 5. The van der Waals surface area contributed by atoms with Crippen LogP contribution >= 0.6 is 0 Å². The maximum Gasteiger partial charge on any atom is 0.220 e. The molecule has 184 valence electrons. The summed E-state index contributed by atoms with van der Waals surface area (Å²) in [4.78, 5) is 24.7. The molecule has 0 aliphatic carbocycles. The predicted octanol–water partition coefficient (Wildman–Crippen LogP) is 3.32. The lowest BCUT2D eigenvalue weighted by molar-refractivity contribution is -0.122. The molecule has 1 aliphatic rings. The molecule has 9 heteroatoms. The standard InChI is InChI=1S/C26H29FN4O4/c1-34-22-6-4-3-5-21(22)31-17-19(16-29-31)15-28-24(32)9-11-26(12-10-25(33)30-26)14-18-7-8-20(27)23(13-18)35-2/h3-8,13,16-17H,9-12,14-15H2,1-2H3,(H,28,32)(H,30,33)/t26-/m0/s1. The van der Waals surface area contributed by atoms with E-state index in [-0.39, 0.29) is 24.0 Å². The highest BCUT2D eigenvalue weighted by molar-refractivity contribution is 5.80. The van der Waals surface area contributed by atoms with Crippen LogP contribution in [0.3, 0.4) is 0 Å². The number of nitrogens with one attached hydrogen (secondary N) is 2. The summed E-state index contributed by atoms with van der Waals surface area (Å²) in [6, 6.07) is 12.2. The number of halogens is 1. The van der Waals surface area contributed by atoms with E-state index in [1.165, 1.54) is 13.2 Å². The molecular weight excluding hydrogens is 451 g/mol. The van der Waals surface area contributed by atoms with Gasteiger partial charge in [-0.25, -0.2) is 9.07 Å². The zero-order chi connectivity index (χ0) is 24.8. The molecule has 3 aromatic rings. The molecular formula is C26H29FN4O4. The van der Waals surface area contributed by atoms with Gasteiger partial charge in [0.05, 0.1) is 20.4 Å². The van der Waals surface area contributed by atoms with Crippen molar-refractivity contribution in [1.29, 1.82) is 0 Å². The molecule has 0 bridgehead atoms. The highest BCUT2D eigenvalue weighted by atomic mass is 19.1. The van der Waals surface area contributed by atoms with E-state index in [9.17, 15) is 14.0 Å². The first-order valence-corrected chi connectivity index (χ1v) is 11.5. The molecule has 4 rings (SSSR count). The van der Waals surface area contributed by atoms with Crippen molar-refractivity contribution in [2.24, 2.45) is 0 Å². The van der Waals surface area contributed by atoms with Gasteiger partial charge in [0.15, 0.2) is 11.6 Å². The number of aromatic nitrogens is 2. The lowest BCUT2D eigenvalue weighted by Crippen LogP contribution is -2.44. The van der Waals surface area contributed by atoms with E-state index in [4.69, 9.17) is 9.47 Å². The number of para-hydroxylation sites is 2. The number of benzene rings is 2. The van der Waals surface area contributed by atoms with Crippen LogP contribution in [0.15, 0.2) is 54.9 Å². The molecule has 1 fully saturated rings. The van der Waals surface area contributed by atoms with E-state index >= 15 is 0 Å². The second kappa shape index (κ2) is 10.6. The quantitative estimate of drug-likeness (QED) is 0.464. The molecule has 1 atom stereocenters. The summed E-state index contributed by atoms with van der Waals surface area (Å²) >= 11 is 0. The van der Waals surface area contributed by atoms with Crippen LogP contribution < -0.4 is 20.1 Å². The third-order valence-electron chi connectivity index (χ3n) is 6.28. The predicted molar refractivity (Wildman–Crippen MR) is 128 cm³/mol. The smallest absolute Gasteiger partial charge is 0.220 e. The van der Waals surface area contributed by atoms with Crippen molar-refractivity contribution < 1.29 is 23.5 Å². The lowest BCUT2D eigenvalue weighted by Gasteiger charge is -2.29. The van der Waals surface area contributed by atoms with Gasteiger partial charge in [-0.3, -0.25) is 9.59 Å². The van der Waals surface area contributed by atoms with Gasteiger partial charge >= 0.3 is 0 Å². The van der Waals surface area contributed by atoms with Crippen molar-refractivity contribution in [2.75, 3.05) is 14.2 Å². The van der Waals surface area contributed by atoms with Gasteiger partial charge in [-0.1, -0.05) is 18.2 Å². The average molecular weight is 481 g/mol. The van der Waals surface area contributed by atoms with Crippen molar-refractivity contribution in [2.45, 2.75) is 44.2 Å². The molecule has 0 saturated carbocycles. The molecule has 2 amide bonds. The number of rotatable bonds is 10. The van der Waals surface area contributed by atoms with Crippen LogP contribution in [0.5, 0.6) is 11.5 Å². The van der Waals surface area contributed by atoms with Crippen LogP contribution in [0.2, 0.25) is 0 Å². The van der Waals surface area contributed by atoms with Crippen LogP contribution in [0.1, 0.15) is 36.8 Å². The molecule has 35 heavy (non-hydrogen) atoms. The largest absolute Gasteiger partial charge is 0.494 e. The fourth-order valence-corrected chi connectivity index (χ4v) is 4.43. The number of amides is 2.